The largest absolute Gasteiger partial charge is 0.481 e. The minimum absolute atomic E-state index is 0.000254. The van der Waals surface area contributed by atoms with Gasteiger partial charge in [-0.3, -0.25) is 19.4 Å². The molecule has 1 aromatic heterocycles. The van der Waals surface area contributed by atoms with E-state index in [0.29, 0.717) is 13.1 Å². The number of aromatic nitrogens is 1. The van der Waals surface area contributed by atoms with Gasteiger partial charge in [-0.25, -0.2) is 0 Å². The topological polar surface area (TPSA) is 99.6 Å². The molecule has 7 heteroatoms. The summed E-state index contributed by atoms with van der Waals surface area (Å²) in [6.45, 7) is 0.798. The van der Waals surface area contributed by atoms with Crippen molar-refractivity contribution in [2.45, 2.75) is 32.2 Å². The first-order valence-electron chi connectivity index (χ1n) is 8.74. The second kappa shape index (κ2) is 7.63. The molecule has 2 atom stereocenters. The highest BCUT2D eigenvalue weighted by molar-refractivity contribution is 5.84. The maximum absolute atomic E-state index is 12.5. The Kier molecular flexibility index (Phi) is 5.31. The van der Waals surface area contributed by atoms with Crippen LogP contribution in [-0.2, 0) is 20.9 Å². The second-order valence-corrected chi connectivity index (χ2v) is 6.88. The molecular weight excluding hydrogens is 322 g/mol. The fourth-order valence-electron chi connectivity index (χ4n) is 3.39. The number of amides is 2. The summed E-state index contributed by atoms with van der Waals surface area (Å²) in [5.74, 6) is -2.35. The van der Waals surface area contributed by atoms with E-state index in [-0.39, 0.29) is 30.7 Å². The van der Waals surface area contributed by atoms with Gasteiger partial charge in [-0.1, -0.05) is 12.5 Å². The van der Waals surface area contributed by atoms with E-state index in [9.17, 15) is 19.5 Å². The number of carboxylic acids is 1. The van der Waals surface area contributed by atoms with Crippen molar-refractivity contribution in [2.75, 3.05) is 13.1 Å². The van der Waals surface area contributed by atoms with Crippen LogP contribution in [0.2, 0.25) is 0 Å². The van der Waals surface area contributed by atoms with E-state index in [2.05, 4.69) is 10.3 Å². The molecule has 134 valence electrons. The molecule has 7 nitrogen and oxygen atoms in total. The second-order valence-electron chi connectivity index (χ2n) is 6.88. The van der Waals surface area contributed by atoms with Gasteiger partial charge in [0.05, 0.1) is 24.1 Å². The molecule has 3 rings (SSSR count). The van der Waals surface area contributed by atoms with Crippen molar-refractivity contribution < 1.29 is 19.5 Å². The van der Waals surface area contributed by atoms with Crippen molar-refractivity contribution >= 4 is 17.8 Å². The van der Waals surface area contributed by atoms with Gasteiger partial charge in [0, 0.05) is 25.2 Å². The van der Waals surface area contributed by atoms with Gasteiger partial charge in [0.15, 0.2) is 0 Å². The van der Waals surface area contributed by atoms with E-state index in [1.54, 1.807) is 17.2 Å². The van der Waals surface area contributed by atoms with E-state index in [0.717, 1.165) is 25.0 Å². The standard InChI is InChI=1S/C18H23N3O4/c22-16(20-9-15-6-1-2-7-19-15)13-8-14(18(24)25)11-21(10-13)17(23)12-4-3-5-12/h1-2,6-7,12-14H,3-5,8-11H2,(H,20,22)(H,24,25)/t13-,14+/m1/s1. The van der Waals surface area contributed by atoms with Crippen LogP contribution in [0.4, 0.5) is 0 Å². The smallest absolute Gasteiger partial charge is 0.308 e. The predicted molar refractivity (Wildman–Crippen MR) is 89.2 cm³/mol. The molecular formula is C18H23N3O4. The van der Waals surface area contributed by atoms with Gasteiger partial charge in [-0.2, -0.15) is 0 Å². The lowest BCUT2D eigenvalue weighted by molar-refractivity contribution is -0.150. The average molecular weight is 345 g/mol. The minimum Gasteiger partial charge on any atom is -0.481 e. The van der Waals surface area contributed by atoms with Crippen LogP contribution in [0.15, 0.2) is 24.4 Å². The molecule has 0 bridgehead atoms. The molecule has 1 aromatic rings. The van der Waals surface area contributed by atoms with Gasteiger partial charge < -0.3 is 15.3 Å². The zero-order valence-electron chi connectivity index (χ0n) is 14.1. The van der Waals surface area contributed by atoms with Crippen molar-refractivity contribution in [3.05, 3.63) is 30.1 Å². The first kappa shape index (κ1) is 17.4. The van der Waals surface area contributed by atoms with E-state index in [1.165, 1.54) is 0 Å². The molecule has 1 aliphatic heterocycles. The quantitative estimate of drug-likeness (QED) is 0.831. The summed E-state index contributed by atoms with van der Waals surface area (Å²) >= 11 is 0. The van der Waals surface area contributed by atoms with Crippen molar-refractivity contribution in [1.29, 1.82) is 0 Å². The molecule has 2 N–H and O–H groups in total. The van der Waals surface area contributed by atoms with E-state index in [4.69, 9.17) is 0 Å². The molecule has 2 aliphatic rings. The highest BCUT2D eigenvalue weighted by atomic mass is 16.4. The summed E-state index contributed by atoms with van der Waals surface area (Å²) in [5, 5.41) is 12.2. The van der Waals surface area contributed by atoms with Crippen LogP contribution in [0.1, 0.15) is 31.4 Å². The molecule has 0 unspecified atom stereocenters. The van der Waals surface area contributed by atoms with Gasteiger partial charge >= 0.3 is 5.97 Å². The molecule has 1 saturated heterocycles. The maximum Gasteiger partial charge on any atom is 0.308 e. The number of aliphatic carboxylic acids is 1. The lowest BCUT2D eigenvalue weighted by Crippen LogP contribution is -2.52. The number of carboxylic acid groups (broad SMARTS) is 1. The van der Waals surface area contributed by atoms with Crippen molar-refractivity contribution in [1.82, 2.24) is 15.2 Å². The Bertz CT molecular complexity index is 645. The molecule has 0 aromatic carbocycles. The van der Waals surface area contributed by atoms with Crippen molar-refractivity contribution in [2.24, 2.45) is 17.8 Å². The maximum atomic E-state index is 12.5. The highest BCUT2D eigenvalue weighted by Crippen LogP contribution is 2.31. The van der Waals surface area contributed by atoms with Gasteiger partial charge in [0.25, 0.3) is 0 Å². The third-order valence-corrected chi connectivity index (χ3v) is 5.11. The highest BCUT2D eigenvalue weighted by Gasteiger charge is 2.39. The van der Waals surface area contributed by atoms with Crippen molar-refractivity contribution in [3.8, 4) is 0 Å². The number of pyridine rings is 1. The number of piperidine rings is 1. The first-order valence-corrected chi connectivity index (χ1v) is 8.74. The number of nitrogens with one attached hydrogen (secondary N) is 1. The number of hydrogen-bond acceptors (Lipinski definition) is 4. The number of nitrogens with zero attached hydrogens (tertiary/aromatic N) is 2. The SMILES string of the molecule is O=C(O)[C@H]1C[C@@H](C(=O)NCc2ccccn2)CN(C(=O)C2CCC2)C1. The molecule has 0 spiro atoms. The molecule has 2 fully saturated rings. The van der Waals surface area contributed by atoms with E-state index >= 15 is 0 Å². The van der Waals surface area contributed by atoms with Gasteiger partial charge in [0.1, 0.15) is 0 Å². The Hall–Kier alpha value is -2.44. The van der Waals surface area contributed by atoms with Gasteiger partial charge in [0.2, 0.25) is 11.8 Å². The van der Waals surface area contributed by atoms with Crippen molar-refractivity contribution in [3.63, 3.8) is 0 Å². The molecule has 1 aliphatic carbocycles. The van der Waals surface area contributed by atoms with Crippen LogP contribution in [0.5, 0.6) is 0 Å². The van der Waals surface area contributed by atoms with Gasteiger partial charge in [-0.05, 0) is 31.4 Å². The lowest BCUT2D eigenvalue weighted by Gasteiger charge is -2.39. The van der Waals surface area contributed by atoms with Crippen LogP contribution in [-0.4, -0.2) is 45.9 Å². The molecule has 25 heavy (non-hydrogen) atoms. The Labute approximate surface area is 146 Å². The van der Waals surface area contributed by atoms with E-state index in [1.807, 2.05) is 12.1 Å². The molecule has 0 radical (unpaired) electrons. The monoisotopic (exact) mass is 345 g/mol. The Morgan fingerprint density at radius 3 is 2.52 bits per heavy atom. The summed E-state index contributed by atoms with van der Waals surface area (Å²) in [6.07, 6.45) is 4.69. The van der Waals surface area contributed by atoms with E-state index < -0.39 is 17.8 Å². The third kappa shape index (κ3) is 4.15. The zero-order chi connectivity index (χ0) is 17.8. The molecule has 2 amide bonds. The number of hydrogen-bond donors (Lipinski definition) is 2. The number of carbonyl (C=O) groups excluding carboxylic acids is 2. The lowest BCUT2D eigenvalue weighted by atomic mass is 9.82. The van der Waals surface area contributed by atoms with Crippen LogP contribution in [0.25, 0.3) is 0 Å². The van der Waals surface area contributed by atoms with Crippen LogP contribution in [0.3, 0.4) is 0 Å². The van der Waals surface area contributed by atoms with Crippen LogP contribution >= 0.6 is 0 Å². The summed E-state index contributed by atoms with van der Waals surface area (Å²) < 4.78 is 0. The number of likely N-dealkylation sites (tertiary alicyclic amines) is 1. The molecule has 1 saturated carbocycles. The first-order chi connectivity index (χ1) is 12.0. The fraction of sp³-hybridized carbons (Fsp3) is 0.556. The summed E-state index contributed by atoms with van der Waals surface area (Å²) in [5.41, 5.74) is 0.740. The van der Waals surface area contributed by atoms with Crippen LogP contribution in [0, 0.1) is 17.8 Å². The Morgan fingerprint density at radius 2 is 1.92 bits per heavy atom. The minimum atomic E-state index is -0.950. The third-order valence-electron chi connectivity index (χ3n) is 5.11. The fourth-order valence-corrected chi connectivity index (χ4v) is 3.39. The summed E-state index contributed by atoms with van der Waals surface area (Å²) in [7, 11) is 0. The Balaban J connectivity index is 1.62. The number of rotatable bonds is 5. The Morgan fingerprint density at radius 1 is 1.16 bits per heavy atom. The molecule has 2 heterocycles. The van der Waals surface area contributed by atoms with Gasteiger partial charge in [-0.15, -0.1) is 0 Å². The zero-order valence-corrected chi connectivity index (χ0v) is 14.1. The summed E-state index contributed by atoms with van der Waals surface area (Å²) in [4.78, 5) is 42.2. The van der Waals surface area contributed by atoms with Crippen LogP contribution < -0.4 is 5.32 Å². The number of carbonyl (C=O) groups is 3. The summed E-state index contributed by atoms with van der Waals surface area (Å²) in [6, 6.07) is 5.45. The normalized spacial score (nSPS) is 23.6. The predicted octanol–water partition coefficient (Wildman–Crippen LogP) is 1.05. The average Bonchev–Trinajstić information content (AvgIpc) is 2.58.